The quantitative estimate of drug-likeness (QED) is 0.867. The topological polar surface area (TPSA) is 49.3 Å². The van der Waals surface area contributed by atoms with Crippen LogP contribution in [0.2, 0.25) is 0 Å². The van der Waals surface area contributed by atoms with Gasteiger partial charge in [0.05, 0.1) is 5.56 Å². The number of halogens is 1. The Morgan fingerprint density at radius 2 is 1.95 bits per heavy atom. The Bertz CT molecular complexity index is 468. The molecule has 0 spiro atoms. The van der Waals surface area contributed by atoms with Gasteiger partial charge in [0.2, 0.25) is 0 Å². The van der Waals surface area contributed by atoms with Gasteiger partial charge in [-0.3, -0.25) is 4.79 Å². The fraction of sp³-hybridized carbons (Fsp3) is 0.562. The number of rotatable bonds is 4. The van der Waals surface area contributed by atoms with E-state index in [1.807, 2.05) is 0 Å². The molecule has 1 aliphatic rings. The van der Waals surface area contributed by atoms with Crippen molar-refractivity contribution in [2.75, 3.05) is 6.54 Å². The van der Waals surface area contributed by atoms with Crippen molar-refractivity contribution in [3.8, 4) is 5.75 Å². The number of benzene rings is 1. The minimum Gasteiger partial charge on any atom is -0.507 e. The molecular formula is C16H22BrNO2. The summed E-state index contributed by atoms with van der Waals surface area (Å²) in [7, 11) is 0. The second-order valence-electron chi connectivity index (χ2n) is 5.67. The van der Waals surface area contributed by atoms with Crippen LogP contribution in [0.3, 0.4) is 0 Å². The average molecular weight is 340 g/mol. The van der Waals surface area contributed by atoms with E-state index in [1.165, 1.54) is 32.1 Å². The van der Waals surface area contributed by atoms with Crippen LogP contribution < -0.4 is 5.32 Å². The van der Waals surface area contributed by atoms with Crippen LogP contribution in [0.4, 0.5) is 0 Å². The van der Waals surface area contributed by atoms with Crippen molar-refractivity contribution in [3.05, 3.63) is 28.2 Å². The van der Waals surface area contributed by atoms with Gasteiger partial charge in [-0.2, -0.15) is 0 Å². The van der Waals surface area contributed by atoms with Crippen LogP contribution in [0.1, 0.15) is 49.4 Å². The zero-order valence-electron chi connectivity index (χ0n) is 11.9. The summed E-state index contributed by atoms with van der Waals surface area (Å²) in [5.41, 5.74) is 0.343. The first-order chi connectivity index (χ1) is 9.60. The van der Waals surface area contributed by atoms with Crippen molar-refractivity contribution in [2.24, 2.45) is 11.8 Å². The van der Waals surface area contributed by atoms with Crippen LogP contribution in [0.25, 0.3) is 0 Å². The summed E-state index contributed by atoms with van der Waals surface area (Å²) in [6, 6.07) is 4.95. The van der Waals surface area contributed by atoms with Crippen LogP contribution in [-0.4, -0.2) is 17.6 Å². The standard InChI is InChI=1S/C16H22BrNO2/c1-2-11-3-5-12(6-4-11)10-18-16(20)14-8-7-13(17)9-15(14)19/h7-9,11-12,19H,2-6,10H2,1H3,(H,18,20). The largest absolute Gasteiger partial charge is 0.507 e. The number of phenolic OH excluding ortho intramolecular Hbond substituents is 1. The number of phenols is 1. The summed E-state index contributed by atoms with van der Waals surface area (Å²) >= 11 is 3.27. The molecule has 0 unspecified atom stereocenters. The van der Waals surface area contributed by atoms with E-state index >= 15 is 0 Å². The molecule has 0 aliphatic heterocycles. The summed E-state index contributed by atoms with van der Waals surface area (Å²) in [5.74, 6) is 1.29. The first-order valence-electron chi connectivity index (χ1n) is 7.36. The third-order valence-corrected chi connectivity index (χ3v) is 4.79. The molecule has 0 atom stereocenters. The molecule has 0 radical (unpaired) electrons. The monoisotopic (exact) mass is 339 g/mol. The highest BCUT2D eigenvalue weighted by molar-refractivity contribution is 9.10. The van der Waals surface area contributed by atoms with Crippen molar-refractivity contribution in [2.45, 2.75) is 39.0 Å². The Labute approximate surface area is 128 Å². The Hall–Kier alpha value is -1.03. The Balaban J connectivity index is 1.83. The highest BCUT2D eigenvalue weighted by Crippen LogP contribution is 2.30. The van der Waals surface area contributed by atoms with Crippen LogP contribution >= 0.6 is 15.9 Å². The summed E-state index contributed by atoms with van der Waals surface area (Å²) in [6.07, 6.45) is 6.23. The number of aromatic hydroxyl groups is 1. The van der Waals surface area contributed by atoms with E-state index in [2.05, 4.69) is 28.2 Å². The van der Waals surface area contributed by atoms with Crippen molar-refractivity contribution in [1.82, 2.24) is 5.32 Å². The summed E-state index contributed by atoms with van der Waals surface area (Å²) in [5, 5.41) is 12.7. The van der Waals surface area contributed by atoms with Crippen molar-refractivity contribution >= 4 is 21.8 Å². The van der Waals surface area contributed by atoms with E-state index in [0.717, 1.165) is 10.4 Å². The molecule has 1 aromatic carbocycles. The van der Waals surface area contributed by atoms with E-state index in [1.54, 1.807) is 18.2 Å². The number of carbonyl (C=O) groups is 1. The average Bonchev–Trinajstić information content (AvgIpc) is 2.45. The fourth-order valence-corrected chi connectivity index (χ4v) is 3.22. The predicted octanol–water partition coefficient (Wildman–Crippen LogP) is 4.10. The number of carbonyl (C=O) groups excluding carboxylic acids is 1. The second-order valence-corrected chi connectivity index (χ2v) is 6.58. The van der Waals surface area contributed by atoms with Crippen LogP contribution in [-0.2, 0) is 0 Å². The molecule has 0 saturated heterocycles. The molecule has 1 aromatic rings. The summed E-state index contributed by atoms with van der Waals surface area (Å²) in [6.45, 7) is 2.97. The number of nitrogens with one attached hydrogen (secondary N) is 1. The Morgan fingerprint density at radius 1 is 1.30 bits per heavy atom. The third-order valence-electron chi connectivity index (χ3n) is 4.30. The van der Waals surface area contributed by atoms with Gasteiger partial charge in [-0.15, -0.1) is 0 Å². The van der Waals surface area contributed by atoms with Gasteiger partial charge >= 0.3 is 0 Å². The smallest absolute Gasteiger partial charge is 0.255 e. The number of amides is 1. The first-order valence-corrected chi connectivity index (χ1v) is 8.16. The van der Waals surface area contributed by atoms with Gasteiger partial charge in [0, 0.05) is 11.0 Å². The minimum atomic E-state index is -0.187. The number of hydrogen-bond donors (Lipinski definition) is 2. The second kappa shape index (κ2) is 7.11. The molecule has 1 aliphatic carbocycles. The molecule has 2 rings (SSSR count). The predicted molar refractivity (Wildman–Crippen MR) is 83.9 cm³/mol. The van der Waals surface area contributed by atoms with E-state index in [0.29, 0.717) is 18.0 Å². The molecule has 110 valence electrons. The van der Waals surface area contributed by atoms with Gasteiger partial charge in [-0.25, -0.2) is 0 Å². The van der Waals surface area contributed by atoms with Gasteiger partial charge in [-0.05, 0) is 42.9 Å². The van der Waals surface area contributed by atoms with E-state index in [4.69, 9.17) is 0 Å². The van der Waals surface area contributed by atoms with Gasteiger partial charge in [0.15, 0.2) is 0 Å². The highest BCUT2D eigenvalue weighted by Gasteiger charge is 2.21. The molecule has 0 bridgehead atoms. The fourth-order valence-electron chi connectivity index (χ4n) is 2.87. The van der Waals surface area contributed by atoms with Crippen LogP contribution in [0, 0.1) is 11.8 Å². The normalized spacial score (nSPS) is 22.5. The summed E-state index contributed by atoms with van der Waals surface area (Å²) < 4.78 is 0.768. The third kappa shape index (κ3) is 3.98. The van der Waals surface area contributed by atoms with Gasteiger partial charge < -0.3 is 10.4 Å². The maximum atomic E-state index is 12.1. The van der Waals surface area contributed by atoms with E-state index in [-0.39, 0.29) is 11.7 Å². The lowest BCUT2D eigenvalue weighted by atomic mass is 9.81. The molecule has 1 fully saturated rings. The maximum absolute atomic E-state index is 12.1. The molecule has 3 nitrogen and oxygen atoms in total. The molecule has 20 heavy (non-hydrogen) atoms. The van der Waals surface area contributed by atoms with Crippen LogP contribution in [0.15, 0.2) is 22.7 Å². The molecule has 0 heterocycles. The molecule has 4 heteroatoms. The van der Waals surface area contributed by atoms with E-state index in [9.17, 15) is 9.90 Å². The maximum Gasteiger partial charge on any atom is 0.255 e. The van der Waals surface area contributed by atoms with Crippen molar-refractivity contribution in [3.63, 3.8) is 0 Å². The van der Waals surface area contributed by atoms with E-state index < -0.39 is 0 Å². The molecule has 1 amide bonds. The lowest BCUT2D eigenvalue weighted by Crippen LogP contribution is -2.31. The highest BCUT2D eigenvalue weighted by atomic mass is 79.9. The minimum absolute atomic E-state index is 0.0200. The SMILES string of the molecule is CCC1CCC(CNC(=O)c2ccc(Br)cc2O)CC1. The lowest BCUT2D eigenvalue weighted by Gasteiger charge is -2.27. The molecule has 1 saturated carbocycles. The Morgan fingerprint density at radius 3 is 2.55 bits per heavy atom. The van der Waals surface area contributed by atoms with Crippen molar-refractivity contribution < 1.29 is 9.90 Å². The van der Waals surface area contributed by atoms with Crippen molar-refractivity contribution in [1.29, 1.82) is 0 Å². The zero-order chi connectivity index (χ0) is 14.5. The number of hydrogen-bond acceptors (Lipinski definition) is 2. The van der Waals surface area contributed by atoms with Gasteiger partial charge in [0.25, 0.3) is 5.91 Å². The lowest BCUT2D eigenvalue weighted by molar-refractivity contribution is 0.0938. The summed E-state index contributed by atoms with van der Waals surface area (Å²) in [4.78, 5) is 12.1. The van der Waals surface area contributed by atoms with Gasteiger partial charge in [0.1, 0.15) is 5.75 Å². The molecule has 2 N–H and O–H groups in total. The molecular weight excluding hydrogens is 318 g/mol. The Kier molecular flexibility index (Phi) is 5.46. The first kappa shape index (κ1) is 15.4. The zero-order valence-corrected chi connectivity index (χ0v) is 13.4. The van der Waals surface area contributed by atoms with Gasteiger partial charge in [-0.1, -0.05) is 42.1 Å². The molecule has 0 aromatic heterocycles. The van der Waals surface area contributed by atoms with Crippen LogP contribution in [0.5, 0.6) is 5.75 Å².